The summed E-state index contributed by atoms with van der Waals surface area (Å²) in [5.74, 6) is -0.471. The first-order valence-electron chi connectivity index (χ1n) is 7.33. The molecule has 1 aliphatic heterocycles. The number of aromatic nitrogens is 3. The first-order valence-corrected chi connectivity index (χ1v) is 7.33. The number of aliphatic carboxylic acids is 1. The van der Waals surface area contributed by atoms with Crippen LogP contribution in [0.15, 0.2) is 18.2 Å². The fourth-order valence-electron chi connectivity index (χ4n) is 2.27. The molecule has 1 amide bonds. The predicted octanol–water partition coefficient (Wildman–Crippen LogP) is 0.550. The Hall–Kier alpha value is -3.10. The van der Waals surface area contributed by atoms with E-state index in [9.17, 15) is 9.59 Å². The highest BCUT2D eigenvalue weighted by molar-refractivity contribution is 5.95. The van der Waals surface area contributed by atoms with E-state index >= 15 is 0 Å². The van der Waals surface area contributed by atoms with Gasteiger partial charge in [-0.1, -0.05) is 5.21 Å². The third-order valence-corrected chi connectivity index (χ3v) is 3.60. The first-order chi connectivity index (χ1) is 11.5. The number of hydrogen-bond acceptors (Lipinski definition) is 6. The van der Waals surface area contributed by atoms with Gasteiger partial charge in [0.05, 0.1) is 11.4 Å². The van der Waals surface area contributed by atoms with Gasteiger partial charge in [0, 0.05) is 6.07 Å². The van der Waals surface area contributed by atoms with Crippen LogP contribution in [-0.2, 0) is 4.79 Å². The van der Waals surface area contributed by atoms with Gasteiger partial charge in [-0.15, -0.1) is 5.10 Å². The van der Waals surface area contributed by atoms with Crippen LogP contribution in [0.5, 0.6) is 11.5 Å². The Labute approximate surface area is 137 Å². The summed E-state index contributed by atoms with van der Waals surface area (Å²) in [4.78, 5) is 23.0. The lowest BCUT2D eigenvalue weighted by Gasteiger charge is -2.18. The molecule has 2 N–H and O–H groups in total. The molecule has 0 saturated heterocycles. The smallest absolute Gasteiger partial charge is 0.325 e. The summed E-state index contributed by atoms with van der Waals surface area (Å²) in [6.07, 6.45) is 0. The number of carboxylic acid groups (broad SMARTS) is 1. The third-order valence-electron chi connectivity index (χ3n) is 3.60. The Kier molecular flexibility index (Phi) is 4.07. The van der Waals surface area contributed by atoms with E-state index in [1.165, 1.54) is 11.6 Å². The molecule has 9 heteroatoms. The van der Waals surface area contributed by atoms with Crippen LogP contribution in [-0.4, -0.2) is 51.2 Å². The lowest BCUT2D eigenvalue weighted by atomic mass is 10.2. The van der Waals surface area contributed by atoms with Gasteiger partial charge in [-0.25, -0.2) is 4.68 Å². The second-order valence-electron chi connectivity index (χ2n) is 5.30. The van der Waals surface area contributed by atoms with Crippen molar-refractivity contribution < 1.29 is 24.2 Å². The Morgan fingerprint density at radius 2 is 2.00 bits per heavy atom. The number of carbonyl (C=O) groups is 2. The Morgan fingerprint density at radius 3 is 2.71 bits per heavy atom. The van der Waals surface area contributed by atoms with Crippen LogP contribution in [0.3, 0.4) is 0 Å². The molecule has 0 bridgehead atoms. The highest BCUT2D eigenvalue weighted by Gasteiger charge is 2.22. The Bertz CT molecular complexity index is 801. The third kappa shape index (κ3) is 2.87. The first kappa shape index (κ1) is 15.8. The molecule has 24 heavy (non-hydrogen) atoms. The molecule has 2 aromatic rings. The molecule has 0 aliphatic carbocycles. The van der Waals surface area contributed by atoms with Gasteiger partial charge >= 0.3 is 5.97 Å². The molecule has 0 saturated carbocycles. The number of nitrogens with one attached hydrogen (secondary N) is 1. The highest BCUT2D eigenvalue weighted by Crippen LogP contribution is 2.32. The van der Waals surface area contributed by atoms with E-state index in [0.29, 0.717) is 36.1 Å². The summed E-state index contributed by atoms with van der Waals surface area (Å²) in [5.41, 5.74) is 1.22. The van der Waals surface area contributed by atoms with Crippen LogP contribution in [0, 0.1) is 6.92 Å². The minimum Gasteiger partial charge on any atom is -0.486 e. The number of benzene rings is 1. The molecule has 0 spiro atoms. The van der Waals surface area contributed by atoms with E-state index in [4.69, 9.17) is 14.6 Å². The summed E-state index contributed by atoms with van der Waals surface area (Å²) in [5, 5.41) is 19.0. The van der Waals surface area contributed by atoms with Gasteiger partial charge in [0.25, 0.3) is 5.91 Å². The Morgan fingerprint density at radius 1 is 1.29 bits per heavy atom. The molecular formula is C15H16N4O5. The maximum atomic E-state index is 12.1. The van der Waals surface area contributed by atoms with Crippen molar-refractivity contribution in [2.24, 2.45) is 0 Å². The molecule has 0 radical (unpaired) electrons. The number of amides is 1. The zero-order valence-electron chi connectivity index (χ0n) is 13.1. The van der Waals surface area contributed by atoms with Gasteiger partial charge < -0.3 is 19.9 Å². The average molecular weight is 332 g/mol. The van der Waals surface area contributed by atoms with E-state index in [1.807, 2.05) is 0 Å². The molecule has 1 aromatic heterocycles. The zero-order valence-corrected chi connectivity index (χ0v) is 13.1. The van der Waals surface area contributed by atoms with Gasteiger partial charge in [0.2, 0.25) is 0 Å². The van der Waals surface area contributed by atoms with Crippen molar-refractivity contribution in [1.82, 2.24) is 20.3 Å². The summed E-state index contributed by atoms with van der Waals surface area (Å²) in [6, 6.07) is 4.27. The number of nitrogens with zero attached hydrogens (tertiary/aromatic N) is 3. The molecule has 1 aromatic carbocycles. The van der Waals surface area contributed by atoms with Crippen molar-refractivity contribution >= 4 is 11.9 Å². The number of hydrogen-bond donors (Lipinski definition) is 2. The predicted molar refractivity (Wildman–Crippen MR) is 81.7 cm³/mol. The van der Waals surface area contributed by atoms with Crippen LogP contribution in [0.4, 0.5) is 0 Å². The number of carboxylic acids is 1. The molecule has 1 atom stereocenters. The maximum Gasteiger partial charge on any atom is 0.325 e. The fraction of sp³-hybridized carbons (Fsp3) is 0.333. The molecule has 0 unspecified atom stereocenters. The van der Waals surface area contributed by atoms with E-state index in [-0.39, 0.29) is 5.69 Å². The van der Waals surface area contributed by atoms with Crippen molar-refractivity contribution in [2.45, 2.75) is 19.9 Å². The molecule has 126 valence electrons. The standard InChI is InChI=1S/C15H16N4O5/c1-8(15(21)22)16-14(20)13-9(2)19(18-17-13)10-3-4-11-12(7-10)24-6-5-23-11/h3-4,7-8H,5-6H2,1-2H3,(H,16,20)(H,21,22)/t8-/m1/s1. The molecule has 2 heterocycles. The summed E-state index contributed by atoms with van der Waals surface area (Å²) >= 11 is 0. The zero-order chi connectivity index (χ0) is 17.3. The van der Waals surface area contributed by atoms with Crippen LogP contribution in [0.1, 0.15) is 23.1 Å². The normalized spacial score (nSPS) is 14.1. The number of rotatable bonds is 4. The topological polar surface area (TPSA) is 116 Å². The van der Waals surface area contributed by atoms with Crippen molar-refractivity contribution in [3.8, 4) is 17.2 Å². The highest BCUT2D eigenvalue weighted by atomic mass is 16.6. The van der Waals surface area contributed by atoms with Gasteiger partial charge in [-0.3, -0.25) is 9.59 Å². The number of fused-ring (bicyclic) bond motifs is 1. The molecule has 0 fully saturated rings. The van der Waals surface area contributed by atoms with E-state index < -0.39 is 17.9 Å². The van der Waals surface area contributed by atoms with E-state index in [0.717, 1.165) is 0 Å². The SMILES string of the molecule is Cc1c(C(=O)N[C@H](C)C(=O)O)nnn1-c1ccc2c(c1)OCCO2. The van der Waals surface area contributed by atoms with Gasteiger partial charge in [-0.2, -0.15) is 0 Å². The van der Waals surface area contributed by atoms with Gasteiger partial charge in [-0.05, 0) is 26.0 Å². The van der Waals surface area contributed by atoms with Crippen molar-refractivity contribution in [1.29, 1.82) is 0 Å². The number of ether oxygens (including phenoxy) is 2. The molecule has 3 rings (SSSR count). The molecule has 9 nitrogen and oxygen atoms in total. The summed E-state index contributed by atoms with van der Waals surface area (Å²) < 4.78 is 12.5. The van der Waals surface area contributed by atoms with Crippen LogP contribution in [0.2, 0.25) is 0 Å². The van der Waals surface area contributed by atoms with Crippen molar-refractivity contribution in [2.75, 3.05) is 13.2 Å². The van der Waals surface area contributed by atoms with Gasteiger partial charge in [0.1, 0.15) is 19.3 Å². The molecule has 1 aliphatic rings. The minimum absolute atomic E-state index is 0.0676. The second kappa shape index (κ2) is 6.19. The second-order valence-corrected chi connectivity index (χ2v) is 5.30. The van der Waals surface area contributed by atoms with E-state index in [2.05, 4.69) is 15.6 Å². The average Bonchev–Trinajstić information content (AvgIpc) is 2.95. The van der Waals surface area contributed by atoms with E-state index in [1.54, 1.807) is 25.1 Å². The maximum absolute atomic E-state index is 12.1. The van der Waals surface area contributed by atoms with Crippen LogP contribution in [0.25, 0.3) is 5.69 Å². The minimum atomic E-state index is -1.12. The Balaban J connectivity index is 1.87. The van der Waals surface area contributed by atoms with Crippen molar-refractivity contribution in [3.63, 3.8) is 0 Å². The van der Waals surface area contributed by atoms with Crippen LogP contribution < -0.4 is 14.8 Å². The summed E-state index contributed by atoms with van der Waals surface area (Å²) in [6.45, 7) is 4.02. The fourth-order valence-corrected chi connectivity index (χ4v) is 2.27. The quantitative estimate of drug-likeness (QED) is 0.840. The number of carbonyl (C=O) groups excluding carboxylic acids is 1. The monoisotopic (exact) mass is 332 g/mol. The van der Waals surface area contributed by atoms with Crippen molar-refractivity contribution in [3.05, 3.63) is 29.6 Å². The largest absolute Gasteiger partial charge is 0.486 e. The van der Waals surface area contributed by atoms with Gasteiger partial charge in [0.15, 0.2) is 17.2 Å². The van der Waals surface area contributed by atoms with Crippen LogP contribution >= 0.6 is 0 Å². The lowest BCUT2D eigenvalue weighted by Crippen LogP contribution is -2.38. The lowest BCUT2D eigenvalue weighted by molar-refractivity contribution is -0.138. The summed E-state index contributed by atoms with van der Waals surface area (Å²) in [7, 11) is 0. The molecular weight excluding hydrogens is 316 g/mol.